The zero-order chi connectivity index (χ0) is 13.8. The first-order valence-electron chi connectivity index (χ1n) is 5.90. The second-order valence-electron chi connectivity index (χ2n) is 4.67. The average Bonchev–Trinajstić information content (AvgIpc) is 2.57. The molecule has 1 fully saturated rings. The minimum atomic E-state index is -1.05. The van der Waals surface area contributed by atoms with Gasteiger partial charge in [-0.2, -0.15) is 0 Å². The van der Waals surface area contributed by atoms with Crippen molar-refractivity contribution in [3.05, 3.63) is 12.7 Å². The molecule has 0 bridgehead atoms. The number of urea groups is 1. The van der Waals surface area contributed by atoms with E-state index >= 15 is 0 Å². The Balaban J connectivity index is 2.65. The largest absolute Gasteiger partial charge is 0.480 e. The topological polar surface area (TPSA) is 78.9 Å². The Morgan fingerprint density at radius 3 is 2.78 bits per heavy atom. The van der Waals surface area contributed by atoms with Gasteiger partial charge < -0.3 is 20.1 Å². The van der Waals surface area contributed by atoms with Gasteiger partial charge in [0.25, 0.3) is 0 Å². The highest BCUT2D eigenvalue weighted by Gasteiger charge is 2.39. The summed E-state index contributed by atoms with van der Waals surface area (Å²) >= 11 is 0. The molecule has 2 N–H and O–H groups in total. The summed E-state index contributed by atoms with van der Waals surface area (Å²) in [5.74, 6) is -1.05. The van der Waals surface area contributed by atoms with Crippen molar-refractivity contribution in [3.8, 4) is 0 Å². The van der Waals surface area contributed by atoms with Crippen LogP contribution in [0.4, 0.5) is 4.79 Å². The lowest BCUT2D eigenvalue weighted by atomic mass is 9.95. The Labute approximate surface area is 107 Å². The summed E-state index contributed by atoms with van der Waals surface area (Å²) in [6.07, 6.45) is 2.13. The van der Waals surface area contributed by atoms with Crippen LogP contribution in [0.2, 0.25) is 0 Å². The molecule has 1 aliphatic rings. The number of rotatable bonds is 5. The molecule has 0 saturated carbocycles. The van der Waals surface area contributed by atoms with E-state index in [-0.39, 0.29) is 19.2 Å². The van der Waals surface area contributed by atoms with Crippen molar-refractivity contribution in [2.75, 3.05) is 19.7 Å². The van der Waals surface area contributed by atoms with Crippen molar-refractivity contribution in [3.63, 3.8) is 0 Å². The molecule has 0 radical (unpaired) electrons. The number of carbonyl (C=O) groups excluding carboxylic acids is 1. The van der Waals surface area contributed by atoms with Crippen LogP contribution in [0.25, 0.3) is 0 Å². The molecular formula is C12H20N2O4. The van der Waals surface area contributed by atoms with Crippen LogP contribution in [-0.4, -0.2) is 53.3 Å². The van der Waals surface area contributed by atoms with Gasteiger partial charge in [0.1, 0.15) is 6.54 Å². The van der Waals surface area contributed by atoms with Crippen LogP contribution in [0.1, 0.15) is 20.3 Å². The van der Waals surface area contributed by atoms with Gasteiger partial charge in [-0.3, -0.25) is 4.79 Å². The van der Waals surface area contributed by atoms with Gasteiger partial charge in [0.05, 0.1) is 11.6 Å². The molecule has 2 unspecified atom stereocenters. The van der Waals surface area contributed by atoms with Crippen LogP contribution < -0.4 is 5.32 Å². The van der Waals surface area contributed by atoms with Crippen molar-refractivity contribution in [2.45, 2.75) is 31.9 Å². The van der Waals surface area contributed by atoms with E-state index in [0.717, 1.165) is 6.42 Å². The average molecular weight is 256 g/mol. The highest BCUT2D eigenvalue weighted by atomic mass is 16.5. The quantitative estimate of drug-likeness (QED) is 0.714. The monoisotopic (exact) mass is 256 g/mol. The number of nitrogens with zero attached hydrogens (tertiary/aromatic N) is 1. The number of carboxylic acids is 1. The molecule has 6 heteroatoms. The van der Waals surface area contributed by atoms with Crippen molar-refractivity contribution in [1.82, 2.24) is 10.2 Å². The first-order chi connectivity index (χ1) is 8.39. The minimum absolute atomic E-state index is 0.0862. The number of carboxylic acid groups (broad SMARTS) is 1. The summed E-state index contributed by atoms with van der Waals surface area (Å²) in [5.41, 5.74) is -0.449. The third kappa shape index (κ3) is 3.46. The SMILES string of the molecule is C=CCN(CC(=O)O)C(=O)NC1(C)CCOC1C. The van der Waals surface area contributed by atoms with E-state index in [0.29, 0.717) is 6.61 Å². The highest BCUT2D eigenvalue weighted by Crippen LogP contribution is 2.25. The zero-order valence-corrected chi connectivity index (χ0v) is 10.8. The Bertz CT molecular complexity index is 345. The predicted octanol–water partition coefficient (Wildman–Crippen LogP) is 0.836. The molecule has 18 heavy (non-hydrogen) atoms. The molecule has 1 heterocycles. The summed E-state index contributed by atoms with van der Waals surface area (Å²) in [4.78, 5) is 23.9. The number of hydrogen-bond donors (Lipinski definition) is 2. The molecule has 102 valence electrons. The van der Waals surface area contributed by atoms with Crippen LogP contribution in [0.3, 0.4) is 0 Å². The number of amides is 2. The summed E-state index contributed by atoms with van der Waals surface area (Å²) in [5, 5.41) is 11.6. The molecular weight excluding hydrogens is 236 g/mol. The van der Waals surface area contributed by atoms with E-state index < -0.39 is 17.5 Å². The molecule has 2 atom stereocenters. The number of ether oxygens (including phenoxy) is 1. The lowest BCUT2D eigenvalue weighted by Gasteiger charge is -2.31. The number of aliphatic carboxylic acids is 1. The number of hydrogen-bond acceptors (Lipinski definition) is 3. The minimum Gasteiger partial charge on any atom is -0.480 e. The van der Waals surface area contributed by atoms with Crippen LogP contribution in [0.15, 0.2) is 12.7 Å². The van der Waals surface area contributed by atoms with Crippen LogP contribution >= 0.6 is 0 Å². The van der Waals surface area contributed by atoms with Crippen LogP contribution in [0.5, 0.6) is 0 Å². The fraction of sp³-hybridized carbons (Fsp3) is 0.667. The first kappa shape index (κ1) is 14.5. The third-order valence-corrected chi connectivity index (χ3v) is 3.24. The van der Waals surface area contributed by atoms with Crippen molar-refractivity contribution in [1.29, 1.82) is 0 Å². The van der Waals surface area contributed by atoms with Gasteiger partial charge in [-0.05, 0) is 20.3 Å². The van der Waals surface area contributed by atoms with E-state index in [1.807, 2.05) is 13.8 Å². The number of carbonyl (C=O) groups is 2. The van der Waals surface area contributed by atoms with Gasteiger partial charge in [0.2, 0.25) is 0 Å². The maximum absolute atomic E-state index is 12.0. The molecule has 0 spiro atoms. The van der Waals surface area contributed by atoms with Crippen molar-refractivity contribution < 1.29 is 19.4 Å². The van der Waals surface area contributed by atoms with Gasteiger partial charge in [-0.1, -0.05) is 6.08 Å². The van der Waals surface area contributed by atoms with Gasteiger partial charge in [0.15, 0.2) is 0 Å². The Morgan fingerprint density at radius 1 is 1.67 bits per heavy atom. The Hall–Kier alpha value is -1.56. The fourth-order valence-corrected chi connectivity index (χ4v) is 1.86. The standard InChI is InChI=1S/C12H20N2O4/c1-4-6-14(8-10(15)16)11(17)13-12(3)5-7-18-9(12)2/h4,9H,1,5-8H2,2-3H3,(H,13,17)(H,15,16). The molecule has 0 aromatic carbocycles. The maximum atomic E-state index is 12.0. The van der Waals surface area contributed by atoms with E-state index in [9.17, 15) is 9.59 Å². The lowest BCUT2D eigenvalue weighted by Crippen LogP contribution is -2.55. The molecule has 0 aliphatic carbocycles. The first-order valence-corrected chi connectivity index (χ1v) is 5.90. The Morgan fingerprint density at radius 2 is 2.33 bits per heavy atom. The van der Waals surface area contributed by atoms with Gasteiger partial charge in [0, 0.05) is 13.2 Å². The normalized spacial score (nSPS) is 26.7. The van der Waals surface area contributed by atoms with E-state index in [4.69, 9.17) is 9.84 Å². The molecule has 1 saturated heterocycles. The molecule has 6 nitrogen and oxygen atoms in total. The summed E-state index contributed by atoms with van der Waals surface area (Å²) in [6, 6.07) is -0.405. The fourth-order valence-electron chi connectivity index (χ4n) is 1.86. The van der Waals surface area contributed by atoms with Crippen molar-refractivity contribution >= 4 is 12.0 Å². The van der Waals surface area contributed by atoms with E-state index in [1.165, 1.54) is 11.0 Å². The second kappa shape index (κ2) is 5.86. The summed E-state index contributed by atoms with van der Waals surface area (Å²) in [7, 11) is 0. The maximum Gasteiger partial charge on any atom is 0.323 e. The van der Waals surface area contributed by atoms with Crippen molar-refractivity contribution in [2.24, 2.45) is 0 Å². The molecule has 1 aliphatic heterocycles. The molecule has 0 aromatic rings. The van der Waals surface area contributed by atoms with E-state index in [2.05, 4.69) is 11.9 Å². The smallest absolute Gasteiger partial charge is 0.323 e. The summed E-state index contributed by atoms with van der Waals surface area (Å²) < 4.78 is 5.42. The van der Waals surface area contributed by atoms with Crippen LogP contribution in [0, 0.1) is 0 Å². The highest BCUT2D eigenvalue weighted by molar-refractivity contribution is 5.80. The van der Waals surface area contributed by atoms with Gasteiger partial charge >= 0.3 is 12.0 Å². The molecule has 2 amide bonds. The zero-order valence-electron chi connectivity index (χ0n) is 10.8. The second-order valence-corrected chi connectivity index (χ2v) is 4.67. The number of nitrogens with one attached hydrogen (secondary N) is 1. The van der Waals surface area contributed by atoms with E-state index in [1.54, 1.807) is 0 Å². The Kier molecular flexibility index (Phi) is 4.72. The lowest BCUT2D eigenvalue weighted by molar-refractivity contribution is -0.137. The van der Waals surface area contributed by atoms with Crippen LogP contribution in [-0.2, 0) is 9.53 Å². The van der Waals surface area contributed by atoms with Gasteiger partial charge in [-0.25, -0.2) is 4.79 Å². The predicted molar refractivity (Wildman–Crippen MR) is 66.4 cm³/mol. The van der Waals surface area contributed by atoms with Gasteiger partial charge in [-0.15, -0.1) is 6.58 Å². The third-order valence-electron chi connectivity index (χ3n) is 3.24. The molecule has 0 aromatic heterocycles. The molecule has 1 rings (SSSR count). The summed E-state index contributed by atoms with van der Waals surface area (Å²) in [6.45, 7) is 7.75.